The number of aliphatic hydroxyl groups excluding tert-OH is 1. The van der Waals surface area contributed by atoms with Crippen molar-refractivity contribution in [1.82, 2.24) is 4.90 Å². The van der Waals surface area contributed by atoms with Crippen molar-refractivity contribution in [3.8, 4) is 0 Å². The van der Waals surface area contributed by atoms with Crippen LogP contribution in [0, 0.1) is 0 Å². The van der Waals surface area contributed by atoms with Crippen LogP contribution in [0.15, 0.2) is 18.7 Å². The Balaban J connectivity index is 3.24. The first kappa shape index (κ1) is 48.0. The molecule has 0 heterocycles. The normalized spacial score (nSPS) is 13.2. The number of hydrogen-bond donors (Lipinski definition) is 1. The summed E-state index contributed by atoms with van der Waals surface area (Å²) in [6.45, 7) is 6.81. The van der Waals surface area contributed by atoms with Crippen LogP contribution in [-0.2, 0) is 18.8 Å². The summed E-state index contributed by atoms with van der Waals surface area (Å²) in [6, 6.07) is 2.10. The van der Waals surface area contributed by atoms with Gasteiger partial charge in [-0.1, -0.05) is 142 Å². The Labute approximate surface area is 303 Å². The number of nitrogens with zero attached hydrogens (tertiary/aromatic N) is 1. The fourth-order valence-corrected chi connectivity index (χ4v) is 6.35. The summed E-state index contributed by atoms with van der Waals surface area (Å²) in [7, 11) is 1.14. The molecule has 0 aliphatic rings. The molecular weight excluding hydrogens is 707 g/mol. The van der Waals surface area contributed by atoms with Gasteiger partial charge < -0.3 is 10.0 Å². The van der Waals surface area contributed by atoms with E-state index in [0.29, 0.717) is 24.8 Å². The third kappa shape index (κ3) is 13.1. The molecule has 0 bridgehead atoms. The highest BCUT2D eigenvalue weighted by Gasteiger charge is 2.87. The lowest BCUT2D eigenvalue weighted by Crippen LogP contribution is -2.65. The van der Waals surface area contributed by atoms with Gasteiger partial charge in [0.1, 0.15) is 6.73 Å². The molecule has 0 aliphatic carbocycles. The molecule has 13 heteroatoms. The predicted octanol–water partition coefficient (Wildman–Crippen LogP) is 14.0. The maximum atomic E-state index is 15.9. The second-order valence-corrected chi connectivity index (χ2v) is 14.1. The Morgan fingerprint density at radius 1 is 0.558 bits per heavy atom. The van der Waals surface area contributed by atoms with E-state index in [4.69, 9.17) is 0 Å². The summed E-state index contributed by atoms with van der Waals surface area (Å²) in [6.07, 6.45) is 11.9. The zero-order valence-electron chi connectivity index (χ0n) is 31.2. The van der Waals surface area contributed by atoms with Crippen LogP contribution in [0.1, 0.15) is 165 Å². The molecule has 2 nitrogen and oxygen atoms in total. The van der Waals surface area contributed by atoms with Gasteiger partial charge >= 0.3 is 29.9 Å². The van der Waals surface area contributed by atoms with Crippen molar-refractivity contribution in [1.29, 1.82) is 0 Å². The minimum Gasteiger partial charge on any atom is -0.376 e. The number of aliphatic hydroxyl groups is 1. The highest BCUT2D eigenvalue weighted by atomic mass is 19.4. The quantitative estimate of drug-likeness (QED) is 0.0499. The zero-order chi connectivity index (χ0) is 39.6. The number of hydrogen-bond acceptors (Lipinski definition) is 2. The molecule has 1 rings (SSSR count). The molecule has 0 aromatic heterocycles. The van der Waals surface area contributed by atoms with E-state index < -0.39 is 59.0 Å². The Hall–Kier alpha value is -2.05. The molecular formula is C39H60F11NO. The van der Waals surface area contributed by atoms with Crippen LogP contribution in [0.3, 0.4) is 0 Å². The molecule has 304 valence electrons. The Morgan fingerprint density at radius 2 is 0.942 bits per heavy atom. The third-order valence-electron chi connectivity index (χ3n) is 9.74. The first-order valence-corrected chi connectivity index (χ1v) is 19.0. The van der Waals surface area contributed by atoms with E-state index in [2.05, 4.69) is 13.5 Å². The SMILES string of the molecule is C=C(c1cc(CCCCCC)cc(CCCCCCCCCCCCCCCCCC)c1C(F)(F)C(F)(F)C(F)(F)C(F)(F)C(F)(F)F)N(C)CO. The van der Waals surface area contributed by atoms with Gasteiger partial charge in [0, 0.05) is 23.9 Å². The number of alkyl halides is 11. The van der Waals surface area contributed by atoms with Crippen LogP contribution in [0.2, 0.25) is 0 Å². The average Bonchev–Trinajstić information content (AvgIpc) is 3.08. The molecule has 0 fully saturated rings. The molecule has 0 aliphatic heterocycles. The van der Waals surface area contributed by atoms with Crippen LogP contribution in [0.5, 0.6) is 0 Å². The predicted molar refractivity (Wildman–Crippen MR) is 186 cm³/mol. The van der Waals surface area contributed by atoms with E-state index in [1.165, 1.54) is 51.4 Å². The Morgan fingerprint density at radius 3 is 1.35 bits per heavy atom. The third-order valence-corrected chi connectivity index (χ3v) is 9.74. The summed E-state index contributed by atoms with van der Waals surface area (Å²) in [4.78, 5) is 0.842. The zero-order valence-corrected chi connectivity index (χ0v) is 31.2. The van der Waals surface area contributed by atoms with Crippen molar-refractivity contribution in [3.63, 3.8) is 0 Å². The number of halogens is 11. The highest BCUT2D eigenvalue weighted by molar-refractivity contribution is 5.68. The lowest BCUT2D eigenvalue weighted by atomic mass is 9.83. The fourth-order valence-electron chi connectivity index (χ4n) is 6.35. The largest absolute Gasteiger partial charge is 0.460 e. The van der Waals surface area contributed by atoms with Crippen LogP contribution in [0.4, 0.5) is 48.3 Å². The summed E-state index contributed by atoms with van der Waals surface area (Å²) in [5, 5.41) is 9.63. The van der Waals surface area contributed by atoms with E-state index in [0.717, 1.165) is 75.4 Å². The van der Waals surface area contributed by atoms with Crippen LogP contribution in [0.25, 0.3) is 5.70 Å². The number of aryl methyl sites for hydroxylation is 2. The molecule has 0 saturated carbocycles. The lowest BCUT2D eigenvalue weighted by Gasteiger charge is -2.39. The minimum atomic E-state index is -7.53. The van der Waals surface area contributed by atoms with Gasteiger partial charge in [-0.2, -0.15) is 48.3 Å². The van der Waals surface area contributed by atoms with E-state index in [9.17, 15) is 35.8 Å². The van der Waals surface area contributed by atoms with E-state index in [1.54, 1.807) is 0 Å². The van der Waals surface area contributed by atoms with Gasteiger partial charge in [-0.15, -0.1) is 0 Å². The van der Waals surface area contributed by atoms with Gasteiger partial charge in [-0.3, -0.25) is 0 Å². The van der Waals surface area contributed by atoms with E-state index in [1.807, 2.05) is 6.92 Å². The molecule has 0 saturated heterocycles. The van der Waals surface area contributed by atoms with Gasteiger partial charge in [0.15, 0.2) is 0 Å². The first-order chi connectivity index (χ1) is 24.3. The topological polar surface area (TPSA) is 23.5 Å². The minimum absolute atomic E-state index is 0.142. The van der Waals surface area contributed by atoms with Crippen LogP contribution < -0.4 is 0 Å². The van der Waals surface area contributed by atoms with Crippen molar-refractivity contribution in [3.05, 3.63) is 41.0 Å². The van der Waals surface area contributed by atoms with Crippen molar-refractivity contribution >= 4 is 5.70 Å². The summed E-state index contributed by atoms with van der Waals surface area (Å²) < 4.78 is 158. The summed E-state index contributed by atoms with van der Waals surface area (Å²) >= 11 is 0. The van der Waals surface area contributed by atoms with Crippen molar-refractivity contribution < 1.29 is 53.4 Å². The molecule has 52 heavy (non-hydrogen) atoms. The van der Waals surface area contributed by atoms with Gasteiger partial charge in [0.25, 0.3) is 0 Å². The molecule has 0 unspecified atom stereocenters. The molecule has 0 amide bonds. The number of rotatable bonds is 29. The molecule has 0 atom stereocenters. The van der Waals surface area contributed by atoms with Crippen molar-refractivity contribution in [2.75, 3.05) is 13.8 Å². The summed E-state index contributed by atoms with van der Waals surface area (Å²) in [5.41, 5.74) is -3.40. The maximum Gasteiger partial charge on any atom is 0.460 e. The van der Waals surface area contributed by atoms with Gasteiger partial charge in [-0.25, -0.2) is 0 Å². The highest BCUT2D eigenvalue weighted by Crippen LogP contribution is 2.61. The average molecular weight is 768 g/mol. The Kier molecular flexibility index (Phi) is 20.6. The monoisotopic (exact) mass is 767 g/mol. The standard InChI is InChI=1S/C39H60F11NO/c1-5-7-9-11-12-13-14-15-16-17-18-19-20-21-22-24-26-32-27-31(25-23-10-8-6-2)28-33(30(3)51(4)29-52)34(32)35(40,41)36(42,43)37(44,45)38(46,47)39(48,49)50/h27-28,52H,3,5-26,29H2,1-2,4H3. The molecule has 1 aromatic carbocycles. The van der Waals surface area contributed by atoms with Gasteiger partial charge in [0.2, 0.25) is 0 Å². The smallest absolute Gasteiger partial charge is 0.376 e. The van der Waals surface area contributed by atoms with E-state index >= 15 is 17.6 Å². The molecule has 1 N–H and O–H groups in total. The fraction of sp³-hybridized carbons (Fsp3) is 0.795. The maximum absolute atomic E-state index is 15.9. The Bertz CT molecular complexity index is 1170. The van der Waals surface area contributed by atoms with Gasteiger partial charge in [-0.05, 0) is 42.9 Å². The second kappa shape index (κ2) is 22.4. The summed E-state index contributed by atoms with van der Waals surface area (Å²) in [5.74, 6) is -28.4. The van der Waals surface area contributed by atoms with Gasteiger partial charge in [0.05, 0.1) is 0 Å². The van der Waals surface area contributed by atoms with Crippen molar-refractivity contribution in [2.24, 2.45) is 0 Å². The first-order valence-electron chi connectivity index (χ1n) is 19.0. The van der Waals surface area contributed by atoms with Crippen LogP contribution in [-0.4, -0.2) is 47.7 Å². The number of benzene rings is 1. The molecule has 0 radical (unpaired) electrons. The molecule has 0 spiro atoms. The van der Waals surface area contributed by atoms with E-state index in [-0.39, 0.29) is 19.3 Å². The number of unbranched alkanes of at least 4 members (excludes halogenated alkanes) is 18. The lowest BCUT2D eigenvalue weighted by molar-refractivity contribution is -0.424. The second-order valence-electron chi connectivity index (χ2n) is 14.1. The van der Waals surface area contributed by atoms with Crippen LogP contribution >= 0.6 is 0 Å². The molecule has 1 aromatic rings. The van der Waals surface area contributed by atoms with Crippen molar-refractivity contribution in [2.45, 2.75) is 185 Å².